The minimum atomic E-state index is -0.264. The van der Waals surface area contributed by atoms with E-state index in [4.69, 9.17) is 0 Å². The number of para-hydroxylation sites is 1. The van der Waals surface area contributed by atoms with Gasteiger partial charge in [-0.2, -0.15) is 0 Å². The zero-order chi connectivity index (χ0) is 13.1. The van der Waals surface area contributed by atoms with Crippen LogP contribution in [-0.2, 0) is 0 Å². The highest BCUT2D eigenvalue weighted by Gasteiger charge is 2.19. The third kappa shape index (κ3) is 3.26. The molecule has 1 atom stereocenters. The summed E-state index contributed by atoms with van der Waals surface area (Å²) in [5.41, 5.74) is 0.466. The van der Waals surface area contributed by atoms with E-state index in [1.165, 1.54) is 6.07 Å². The standard InChI is InChI=1S/C13H16BrFN2S/c1-8(2)11-6-7-18-13(16-11)17-12-9(14)4-3-5-10(12)15/h3-5,8,11H,6-7H2,1-2H3,(H,16,17). The van der Waals surface area contributed by atoms with E-state index < -0.39 is 0 Å². The maximum Gasteiger partial charge on any atom is 0.161 e. The molecule has 0 aliphatic carbocycles. The van der Waals surface area contributed by atoms with Gasteiger partial charge in [-0.05, 0) is 40.4 Å². The van der Waals surface area contributed by atoms with Crippen LogP contribution in [0.4, 0.5) is 10.1 Å². The van der Waals surface area contributed by atoms with Gasteiger partial charge in [0.2, 0.25) is 0 Å². The molecule has 0 amide bonds. The first-order chi connectivity index (χ1) is 8.58. The Morgan fingerprint density at radius 3 is 2.94 bits per heavy atom. The molecule has 0 radical (unpaired) electrons. The maximum atomic E-state index is 13.7. The number of benzene rings is 1. The van der Waals surface area contributed by atoms with Gasteiger partial charge in [-0.3, -0.25) is 4.99 Å². The quantitative estimate of drug-likeness (QED) is 0.862. The van der Waals surface area contributed by atoms with Crippen LogP contribution in [0.15, 0.2) is 27.7 Å². The number of amidine groups is 1. The molecule has 1 N–H and O–H groups in total. The van der Waals surface area contributed by atoms with E-state index in [0.29, 0.717) is 17.6 Å². The third-order valence-electron chi connectivity index (χ3n) is 2.90. The summed E-state index contributed by atoms with van der Waals surface area (Å²) in [6.45, 7) is 4.33. The zero-order valence-electron chi connectivity index (χ0n) is 10.4. The molecule has 0 fully saturated rings. The Bertz CT molecular complexity index is 442. The monoisotopic (exact) mass is 330 g/mol. The molecule has 0 saturated carbocycles. The Kier molecular flexibility index (Phi) is 4.67. The Hall–Kier alpha value is -0.550. The van der Waals surface area contributed by atoms with Gasteiger partial charge < -0.3 is 5.32 Å². The van der Waals surface area contributed by atoms with Crippen molar-refractivity contribution in [3.8, 4) is 0 Å². The third-order valence-corrected chi connectivity index (χ3v) is 4.48. The topological polar surface area (TPSA) is 24.4 Å². The molecule has 1 aromatic carbocycles. The van der Waals surface area contributed by atoms with Crippen molar-refractivity contribution in [3.05, 3.63) is 28.5 Å². The fourth-order valence-electron chi connectivity index (χ4n) is 1.80. The molecule has 1 aliphatic rings. The second kappa shape index (κ2) is 6.06. The lowest BCUT2D eigenvalue weighted by Gasteiger charge is -2.23. The first kappa shape index (κ1) is 13.9. The van der Waals surface area contributed by atoms with Gasteiger partial charge in [-0.15, -0.1) is 0 Å². The van der Waals surface area contributed by atoms with E-state index in [2.05, 4.69) is 40.1 Å². The van der Waals surface area contributed by atoms with Crippen LogP contribution in [0.25, 0.3) is 0 Å². The summed E-state index contributed by atoms with van der Waals surface area (Å²) in [7, 11) is 0. The van der Waals surface area contributed by atoms with Crippen molar-refractivity contribution in [3.63, 3.8) is 0 Å². The van der Waals surface area contributed by atoms with Gasteiger partial charge >= 0.3 is 0 Å². The number of anilines is 1. The molecule has 2 rings (SSSR count). The second-order valence-corrected chi connectivity index (χ2v) is 6.54. The van der Waals surface area contributed by atoms with Crippen LogP contribution < -0.4 is 5.32 Å². The van der Waals surface area contributed by atoms with Crippen LogP contribution in [0.3, 0.4) is 0 Å². The first-order valence-corrected chi connectivity index (χ1v) is 7.77. The van der Waals surface area contributed by atoms with Crippen molar-refractivity contribution < 1.29 is 4.39 Å². The van der Waals surface area contributed by atoms with Gasteiger partial charge in [-0.25, -0.2) is 4.39 Å². The number of thioether (sulfide) groups is 1. The average Bonchev–Trinajstić information content (AvgIpc) is 2.34. The lowest BCUT2D eigenvalue weighted by atomic mass is 10.0. The molecular weight excluding hydrogens is 315 g/mol. The van der Waals surface area contributed by atoms with E-state index in [0.717, 1.165) is 21.8 Å². The SMILES string of the molecule is CC(C)C1CCSC(Nc2c(F)cccc2Br)=N1. The van der Waals surface area contributed by atoms with Crippen molar-refractivity contribution in [2.45, 2.75) is 26.3 Å². The largest absolute Gasteiger partial charge is 0.332 e. The van der Waals surface area contributed by atoms with Crippen LogP contribution in [0.1, 0.15) is 20.3 Å². The molecule has 18 heavy (non-hydrogen) atoms. The molecule has 98 valence electrons. The number of nitrogens with zero attached hydrogens (tertiary/aromatic N) is 1. The summed E-state index contributed by atoms with van der Waals surface area (Å²) in [5, 5.41) is 3.90. The van der Waals surface area contributed by atoms with Crippen LogP contribution in [0.5, 0.6) is 0 Å². The summed E-state index contributed by atoms with van der Waals surface area (Å²) in [6.07, 6.45) is 1.09. The highest BCUT2D eigenvalue weighted by Crippen LogP contribution is 2.29. The molecule has 0 saturated heterocycles. The maximum absolute atomic E-state index is 13.7. The number of hydrogen-bond acceptors (Lipinski definition) is 3. The zero-order valence-corrected chi connectivity index (χ0v) is 12.8. The summed E-state index contributed by atoms with van der Waals surface area (Å²) in [5.74, 6) is 1.28. The molecule has 1 unspecified atom stereocenters. The van der Waals surface area contributed by atoms with Crippen molar-refractivity contribution in [1.29, 1.82) is 0 Å². The molecule has 1 heterocycles. The Morgan fingerprint density at radius 2 is 2.28 bits per heavy atom. The summed E-state index contributed by atoms with van der Waals surface area (Å²) in [4.78, 5) is 4.64. The lowest BCUT2D eigenvalue weighted by molar-refractivity contribution is 0.485. The minimum Gasteiger partial charge on any atom is -0.332 e. The molecule has 0 aromatic heterocycles. The molecule has 5 heteroatoms. The number of halogens is 2. The molecule has 0 bridgehead atoms. The predicted octanol–water partition coefficient (Wildman–Crippen LogP) is 4.52. The van der Waals surface area contributed by atoms with Crippen LogP contribution in [-0.4, -0.2) is 17.0 Å². The number of nitrogens with one attached hydrogen (secondary N) is 1. The molecular formula is C13H16BrFN2S. The van der Waals surface area contributed by atoms with Crippen LogP contribution in [0, 0.1) is 11.7 Å². The minimum absolute atomic E-state index is 0.264. The van der Waals surface area contributed by atoms with Crippen molar-refractivity contribution >= 4 is 38.5 Å². The van der Waals surface area contributed by atoms with Crippen molar-refractivity contribution in [2.24, 2.45) is 10.9 Å². The van der Waals surface area contributed by atoms with Gasteiger partial charge in [0.1, 0.15) is 5.82 Å². The molecule has 2 nitrogen and oxygen atoms in total. The van der Waals surface area contributed by atoms with E-state index in [1.807, 2.05) is 6.07 Å². The smallest absolute Gasteiger partial charge is 0.161 e. The number of hydrogen-bond donors (Lipinski definition) is 1. The average molecular weight is 331 g/mol. The fourth-order valence-corrected chi connectivity index (χ4v) is 3.18. The van der Waals surface area contributed by atoms with Crippen molar-refractivity contribution in [1.82, 2.24) is 0 Å². The summed E-state index contributed by atoms with van der Waals surface area (Å²) < 4.78 is 14.4. The second-order valence-electron chi connectivity index (χ2n) is 4.60. The van der Waals surface area contributed by atoms with Gasteiger partial charge in [-0.1, -0.05) is 31.7 Å². The Balaban J connectivity index is 2.18. The van der Waals surface area contributed by atoms with E-state index in [1.54, 1.807) is 17.8 Å². The van der Waals surface area contributed by atoms with Crippen LogP contribution in [0.2, 0.25) is 0 Å². The Labute approximate surface area is 120 Å². The van der Waals surface area contributed by atoms with Gasteiger partial charge in [0, 0.05) is 10.2 Å². The van der Waals surface area contributed by atoms with Crippen molar-refractivity contribution in [2.75, 3.05) is 11.1 Å². The van der Waals surface area contributed by atoms with Crippen LogP contribution >= 0.6 is 27.7 Å². The van der Waals surface area contributed by atoms with E-state index >= 15 is 0 Å². The normalized spacial score (nSPS) is 19.8. The van der Waals surface area contributed by atoms with E-state index in [-0.39, 0.29) is 5.82 Å². The number of aliphatic imine (C=N–C) groups is 1. The van der Waals surface area contributed by atoms with E-state index in [9.17, 15) is 4.39 Å². The molecule has 1 aromatic rings. The predicted molar refractivity (Wildman–Crippen MR) is 80.9 cm³/mol. The summed E-state index contributed by atoms with van der Waals surface area (Å²) >= 11 is 5.00. The first-order valence-electron chi connectivity index (χ1n) is 5.99. The highest BCUT2D eigenvalue weighted by molar-refractivity contribution is 9.10. The highest BCUT2D eigenvalue weighted by atomic mass is 79.9. The van der Waals surface area contributed by atoms with Gasteiger partial charge in [0.15, 0.2) is 5.17 Å². The summed E-state index contributed by atoms with van der Waals surface area (Å²) in [6, 6.07) is 5.27. The van der Waals surface area contributed by atoms with Gasteiger partial charge in [0.25, 0.3) is 0 Å². The molecule has 0 spiro atoms. The molecule has 1 aliphatic heterocycles. The lowest BCUT2D eigenvalue weighted by Crippen LogP contribution is -2.24. The fraction of sp³-hybridized carbons (Fsp3) is 0.462. The van der Waals surface area contributed by atoms with Gasteiger partial charge in [0.05, 0.1) is 11.7 Å². The Morgan fingerprint density at radius 1 is 1.50 bits per heavy atom. The number of rotatable bonds is 2.